The van der Waals surface area contributed by atoms with Gasteiger partial charge in [0.1, 0.15) is 0 Å². The highest BCUT2D eigenvalue weighted by Gasteiger charge is 2.25. The highest BCUT2D eigenvalue weighted by Crippen LogP contribution is 2.21. The van der Waals surface area contributed by atoms with Crippen molar-refractivity contribution in [3.63, 3.8) is 0 Å². The maximum Gasteiger partial charge on any atom is 0.266 e. The normalized spacial score (nSPS) is 15.1. The zero-order valence-corrected chi connectivity index (χ0v) is 14.3. The predicted octanol–water partition coefficient (Wildman–Crippen LogP) is 1.74. The molecule has 0 atom stereocenters. The molecule has 1 fully saturated rings. The van der Waals surface area contributed by atoms with Gasteiger partial charge in [-0.05, 0) is 31.2 Å². The summed E-state index contributed by atoms with van der Waals surface area (Å²) in [6.45, 7) is 2.26. The summed E-state index contributed by atoms with van der Waals surface area (Å²) < 4.78 is 0. The molecular formula is C19H24N4O2. The number of carbonyl (C=O) groups is 1. The van der Waals surface area contributed by atoms with E-state index >= 15 is 0 Å². The first-order chi connectivity index (χ1) is 12.2. The minimum Gasteiger partial charge on any atom is -0.370 e. The summed E-state index contributed by atoms with van der Waals surface area (Å²) in [4.78, 5) is 25.8. The van der Waals surface area contributed by atoms with Crippen LogP contribution >= 0.6 is 0 Å². The van der Waals surface area contributed by atoms with Crippen LogP contribution in [0.4, 0.5) is 5.69 Å². The van der Waals surface area contributed by atoms with Crippen LogP contribution in [0.2, 0.25) is 0 Å². The minimum absolute atomic E-state index is 0.0583. The maximum atomic E-state index is 12.3. The van der Waals surface area contributed by atoms with Crippen molar-refractivity contribution in [2.45, 2.75) is 25.7 Å². The minimum atomic E-state index is -0.198. The standard InChI is InChI=1S/C19H24N4O2/c24-18-13-17(14-21-22-18)23-11-8-16(9-12-23)19(25)20-10-4-7-15-5-2-1-3-6-15/h1-3,5-6,13-14,16H,4,7-12H2,(H,20,25)(H,22,24). The van der Waals surface area contributed by atoms with E-state index in [-0.39, 0.29) is 17.4 Å². The first-order valence-corrected chi connectivity index (χ1v) is 8.84. The number of amides is 1. The van der Waals surface area contributed by atoms with E-state index in [4.69, 9.17) is 0 Å². The fourth-order valence-electron chi connectivity index (χ4n) is 3.23. The fraction of sp³-hybridized carbons (Fsp3) is 0.421. The van der Waals surface area contributed by atoms with E-state index < -0.39 is 0 Å². The SMILES string of the molecule is O=C(NCCCc1ccccc1)C1CCN(c2cn[nH]c(=O)c2)CC1. The molecule has 1 aromatic carbocycles. The summed E-state index contributed by atoms with van der Waals surface area (Å²) in [5.74, 6) is 0.208. The van der Waals surface area contributed by atoms with Crippen LogP contribution in [-0.4, -0.2) is 35.7 Å². The molecule has 6 nitrogen and oxygen atoms in total. The van der Waals surface area contributed by atoms with Gasteiger partial charge < -0.3 is 10.2 Å². The summed E-state index contributed by atoms with van der Waals surface area (Å²) in [6, 6.07) is 11.9. The molecule has 2 aromatic rings. The van der Waals surface area contributed by atoms with Gasteiger partial charge in [0.15, 0.2) is 0 Å². The van der Waals surface area contributed by atoms with E-state index in [2.05, 4.69) is 32.5 Å². The average molecular weight is 340 g/mol. The number of nitrogens with one attached hydrogen (secondary N) is 2. The number of anilines is 1. The predicted molar refractivity (Wildman–Crippen MR) is 97.6 cm³/mol. The highest BCUT2D eigenvalue weighted by molar-refractivity contribution is 5.78. The number of aryl methyl sites for hydroxylation is 1. The van der Waals surface area contributed by atoms with E-state index in [9.17, 15) is 9.59 Å². The smallest absolute Gasteiger partial charge is 0.266 e. The van der Waals surface area contributed by atoms with Gasteiger partial charge in [0.2, 0.25) is 5.91 Å². The molecule has 1 aromatic heterocycles. The zero-order valence-electron chi connectivity index (χ0n) is 14.3. The van der Waals surface area contributed by atoms with Gasteiger partial charge in [-0.2, -0.15) is 5.10 Å². The van der Waals surface area contributed by atoms with Crippen molar-refractivity contribution in [2.24, 2.45) is 5.92 Å². The van der Waals surface area contributed by atoms with Crippen LogP contribution in [0, 0.1) is 5.92 Å². The van der Waals surface area contributed by atoms with Crippen LogP contribution in [0.15, 0.2) is 47.4 Å². The van der Waals surface area contributed by atoms with Gasteiger partial charge in [-0.15, -0.1) is 0 Å². The molecule has 6 heteroatoms. The second-order valence-electron chi connectivity index (χ2n) is 6.44. The molecular weight excluding hydrogens is 316 g/mol. The molecule has 0 saturated carbocycles. The zero-order chi connectivity index (χ0) is 17.5. The molecule has 1 saturated heterocycles. The van der Waals surface area contributed by atoms with Crippen molar-refractivity contribution in [3.05, 3.63) is 58.5 Å². The number of rotatable bonds is 6. The molecule has 132 valence electrons. The molecule has 2 N–H and O–H groups in total. The van der Waals surface area contributed by atoms with Crippen molar-refractivity contribution in [1.82, 2.24) is 15.5 Å². The quantitative estimate of drug-likeness (QED) is 0.785. The van der Waals surface area contributed by atoms with Crippen LogP contribution < -0.4 is 15.8 Å². The van der Waals surface area contributed by atoms with Gasteiger partial charge in [-0.25, -0.2) is 5.10 Å². The van der Waals surface area contributed by atoms with Crippen LogP contribution in [0.1, 0.15) is 24.8 Å². The van der Waals surface area contributed by atoms with Crippen molar-refractivity contribution in [3.8, 4) is 0 Å². The Hall–Kier alpha value is -2.63. The number of hydrogen-bond donors (Lipinski definition) is 2. The van der Waals surface area contributed by atoms with Crippen LogP contribution in [0.25, 0.3) is 0 Å². The Morgan fingerprint density at radius 3 is 2.72 bits per heavy atom. The molecule has 0 aliphatic carbocycles. The molecule has 0 radical (unpaired) electrons. The lowest BCUT2D eigenvalue weighted by atomic mass is 9.95. The monoisotopic (exact) mass is 340 g/mol. The van der Waals surface area contributed by atoms with Crippen molar-refractivity contribution < 1.29 is 4.79 Å². The molecule has 0 spiro atoms. The molecule has 0 bridgehead atoms. The van der Waals surface area contributed by atoms with E-state index in [1.807, 2.05) is 18.2 Å². The Kier molecular flexibility index (Phi) is 5.82. The topological polar surface area (TPSA) is 78.1 Å². The third kappa shape index (κ3) is 4.92. The Morgan fingerprint density at radius 2 is 2.00 bits per heavy atom. The number of aromatic nitrogens is 2. The van der Waals surface area contributed by atoms with Gasteiger partial charge in [0.25, 0.3) is 5.56 Å². The van der Waals surface area contributed by atoms with E-state index in [0.717, 1.165) is 44.5 Å². The summed E-state index contributed by atoms with van der Waals surface area (Å²) in [5.41, 5.74) is 1.93. The molecule has 1 aliphatic heterocycles. The number of hydrogen-bond acceptors (Lipinski definition) is 4. The summed E-state index contributed by atoms with van der Waals surface area (Å²) >= 11 is 0. The van der Waals surface area contributed by atoms with Gasteiger partial charge >= 0.3 is 0 Å². The fourth-order valence-corrected chi connectivity index (χ4v) is 3.23. The Labute approximate surface area is 147 Å². The number of carbonyl (C=O) groups excluding carboxylic acids is 1. The molecule has 1 aliphatic rings. The van der Waals surface area contributed by atoms with Crippen molar-refractivity contribution in [1.29, 1.82) is 0 Å². The maximum absolute atomic E-state index is 12.3. The van der Waals surface area contributed by atoms with Crippen LogP contribution in [0.5, 0.6) is 0 Å². The summed E-state index contributed by atoms with van der Waals surface area (Å²) in [5, 5.41) is 9.27. The van der Waals surface area contributed by atoms with Crippen LogP contribution in [-0.2, 0) is 11.2 Å². The Balaban J connectivity index is 1.39. The van der Waals surface area contributed by atoms with E-state index in [0.29, 0.717) is 6.54 Å². The lowest BCUT2D eigenvalue weighted by Gasteiger charge is -2.32. The van der Waals surface area contributed by atoms with Gasteiger partial charge in [0, 0.05) is 31.6 Å². The summed E-state index contributed by atoms with van der Waals surface area (Å²) in [6.07, 6.45) is 5.20. The first kappa shape index (κ1) is 17.2. The van der Waals surface area contributed by atoms with Crippen LogP contribution in [0.3, 0.4) is 0 Å². The summed E-state index contributed by atoms with van der Waals surface area (Å²) in [7, 11) is 0. The number of H-pyrrole nitrogens is 1. The van der Waals surface area contributed by atoms with Crippen molar-refractivity contribution >= 4 is 11.6 Å². The molecule has 2 heterocycles. The van der Waals surface area contributed by atoms with Gasteiger partial charge in [-0.3, -0.25) is 9.59 Å². The largest absolute Gasteiger partial charge is 0.370 e. The van der Waals surface area contributed by atoms with E-state index in [1.54, 1.807) is 12.3 Å². The first-order valence-electron chi connectivity index (χ1n) is 8.84. The number of aromatic amines is 1. The highest BCUT2D eigenvalue weighted by atomic mass is 16.2. The number of piperidine rings is 1. The molecule has 25 heavy (non-hydrogen) atoms. The molecule has 0 unspecified atom stereocenters. The molecule has 3 rings (SSSR count). The second kappa shape index (κ2) is 8.46. The Bertz CT molecular complexity index is 736. The molecule has 1 amide bonds. The van der Waals surface area contributed by atoms with Gasteiger partial charge in [0.05, 0.1) is 11.9 Å². The average Bonchev–Trinajstić information content (AvgIpc) is 2.66. The third-order valence-corrected chi connectivity index (χ3v) is 4.67. The lowest BCUT2D eigenvalue weighted by molar-refractivity contribution is -0.125. The third-order valence-electron chi connectivity index (χ3n) is 4.67. The lowest BCUT2D eigenvalue weighted by Crippen LogP contribution is -2.41. The Morgan fingerprint density at radius 1 is 1.24 bits per heavy atom. The number of benzene rings is 1. The number of nitrogens with zero attached hydrogens (tertiary/aromatic N) is 2. The van der Waals surface area contributed by atoms with Gasteiger partial charge in [-0.1, -0.05) is 30.3 Å². The van der Waals surface area contributed by atoms with Crippen molar-refractivity contribution in [2.75, 3.05) is 24.5 Å². The second-order valence-corrected chi connectivity index (χ2v) is 6.44. The van der Waals surface area contributed by atoms with E-state index in [1.165, 1.54) is 5.56 Å².